The fourth-order valence-electron chi connectivity index (χ4n) is 2.40. The van der Waals surface area contributed by atoms with Crippen molar-refractivity contribution in [3.63, 3.8) is 0 Å². The number of carbonyl (C=O) groups is 1. The van der Waals surface area contributed by atoms with Crippen LogP contribution in [0.15, 0.2) is 48.5 Å². The Morgan fingerprint density at radius 1 is 0.962 bits per heavy atom. The second-order valence-electron chi connectivity index (χ2n) is 5.67. The van der Waals surface area contributed by atoms with Crippen LogP contribution < -0.4 is 10.6 Å². The summed E-state index contributed by atoms with van der Waals surface area (Å²) in [5, 5.41) is 7.22. The summed E-state index contributed by atoms with van der Waals surface area (Å²) in [7, 11) is 0. The van der Waals surface area contributed by atoms with Crippen LogP contribution >= 0.6 is 23.2 Å². The van der Waals surface area contributed by atoms with Gasteiger partial charge in [0.15, 0.2) is 5.78 Å². The summed E-state index contributed by atoms with van der Waals surface area (Å²) in [5.41, 5.74) is 2.05. The van der Waals surface area contributed by atoms with Crippen LogP contribution in [-0.4, -0.2) is 15.8 Å². The van der Waals surface area contributed by atoms with E-state index in [2.05, 4.69) is 20.6 Å². The van der Waals surface area contributed by atoms with E-state index in [1.807, 2.05) is 18.2 Å². The number of benzene rings is 2. The molecule has 0 bridgehead atoms. The van der Waals surface area contributed by atoms with Gasteiger partial charge in [-0.05, 0) is 38.1 Å². The molecule has 0 aliphatic heterocycles. The number of Topliss-reactive ketones (excluding diaryl/α,β-unsaturated/α-hetero) is 1. The Hall–Kier alpha value is -2.63. The first-order chi connectivity index (χ1) is 12.4. The van der Waals surface area contributed by atoms with E-state index in [0.29, 0.717) is 38.8 Å². The van der Waals surface area contributed by atoms with Gasteiger partial charge in [-0.25, -0.2) is 9.97 Å². The molecule has 132 valence electrons. The Kier molecular flexibility index (Phi) is 5.40. The molecule has 0 saturated carbocycles. The lowest BCUT2D eigenvalue weighted by Crippen LogP contribution is -2.02. The Balaban J connectivity index is 1.87. The molecule has 0 saturated heterocycles. The van der Waals surface area contributed by atoms with Crippen molar-refractivity contribution in [1.29, 1.82) is 0 Å². The Labute approximate surface area is 161 Å². The van der Waals surface area contributed by atoms with Crippen LogP contribution in [0.5, 0.6) is 0 Å². The number of hydrogen-bond acceptors (Lipinski definition) is 5. The normalized spacial score (nSPS) is 10.5. The molecule has 0 unspecified atom stereocenters. The average Bonchev–Trinajstić information content (AvgIpc) is 2.59. The van der Waals surface area contributed by atoms with Crippen molar-refractivity contribution in [3.8, 4) is 0 Å². The molecule has 0 atom stereocenters. The van der Waals surface area contributed by atoms with Crippen LogP contribution in [0.2, 0.25) is 10.0 Å². The minimum Gasteiger partial charge on any atom is -0.340 e. The lowest BCUT2D eigenvalue weighted by Gasteiger charge is -2.12. The second-order valence-corrected chi connectivity index (χ2v) is 6.46. The standard InChI is InChI=1S/C19H16Cl2N4O/c1-11(26)13-5-3-6-14(9-13)24-17-10-18(23-12(2)22-17)25-16-8-4-7-15(20)19(16)21/h3-10H,1-2H3,(H2,22,23,24,25). The highest BCUT2D eigenvalue weighted by Crippen LogP contribution is 2.31. The molecule has 2 N–H and O–H groups in total. The van der Waals surface area contributed by atoms with E-state index in [9.17, 15) is 4.79 Å². The average molecular weight is 387 g/mol. The summed E-state index contributed by atoms with van der Waals surface area (Å²) in [4.78, 5) is 20.3. The lowest BCUT2D eigenvalue weighted by molar-refractivity contribution is 0.101. The topological polar surface area (TPSA) is 66.9 Å². The highest BCUT2D eigenvalue weighted by atomic mass is 35.5. The van der Waals surface area contributed by atoms with Gasteiger partial charge in [0.25, 0.3) is 0 Å². The number of carbonyl (C=O) groups excluding carboxylic acids is 1. The fourth-order valence-corrected chi connectivity index (χ4v) is 2.75. The first kappa shape index (κ1) is 18.2. The number of ketones is 1. The maximum Gasteiger partial charge on any atom is 0.159 e. The Morgan fingerprint density at radius 2 is 1.65 bits per heavy atom. The molecule has 1 heterocycles. The summed E-state index contributed by atoms with van der Waals surface area (Å²) in [5.74, 6) is 1.76. The van der Waals surface area contributed by atoms with Gasteiger partial charge in [0, 0.05) is 17.3 Å². The fraction of sp³-hybridized carbons (Fsp3) is 0.105. The molecule has 0 spiro atoms. The van der Waals surface area contributed by atoms with Crippen LogP contribution in [0, 0.1) is 6.92 Å². The smallest absolute Gasteiger partial charge is 0.159 e. The van der Waals surface area contributed by atoms with Crippen LogP contribution in [0.1, 0.15) is 23.1 Å². The third-order valence-electron chi connectivity index (χ3n) is 3.59. The number of aromatic nitrogens is 2. The number of rotatable bonds is 5. The second kappa shape index (κ2) is 7.72. The molecule has 7 heteroatoms. The molecule has 1 aromatic heterocycles. The number of halogens is 2. The third-order valence-corrected chi connectivity index (χ3v) is 4.41. The molecule has 5 nitrogen and oxygen atoms in total. The van der Waals surface area contributed by atoms with Crippen molar-refractivity contribution < 1.29 is 4.79 Å². The van der Waals surface area contributed by atoms with Crippen LogP contribution in [-0.2, 0) is 0 Å². The molecule has 3 rings (SSSR count). The van der Waals surface area contributed by atoms with E-state index >= 15 is 0 Å². The van der Waals surface area contributed by atoms with Crippen molar-refractivity contribution in [3.05, 3.63) is 70.0 Å². The van der Waals surface area contributed by atoms with E-state index in [0.717, 1.165) is 5.69 Å². The van der Waals surface area contributed by atoms with Gasteiger partial charge in [0.1, 0.15) is 17.5 Å². The van der Waals surface area contributed by atoms with E-state index in [4.69, 9.17) is 23.2 Å². The predicted octanol–water partition coefficient (Wildman–Crippen LogP) is 5.78. The molecule has 26 heavy (non-hydrogen) atoms. The lowest BCUT2D eigenvalue weighted by atomic mass is 10.1. The number of anilines is 4. The molecule has 3 aromatic rings. The third kappa shape index (κ3) is 4.31. The maximum atomic E-state index is 11.5. The van der Waals surface area contributed by atoms with E-state index < -0.39 is 0 Å². The largest absolute Gasteiger partial charge is 0.340 e. The van der Waals surface area contributed by atoms with Gasteiger partial charge in [-0.2, -0.15) is 0 Å². The first-order valence-electron chi connectivity index (χ1n) is 7.87. The van der Waals surface area contributed by atoms with Crippen molar-refractivity contribution in [2.24, 2.45) is 0 Å². The van der Waals surface area contributed by atoms with Gasteiger partial charge in [0.2, 0.25) is 0 Å². The predicted molar refractivity (Wildman–Crippen MR) is 106 cm³/mol. The molecule has 2 aromatic carbocycles. The summed E-state index contributed by atoms with van der Waals surface area (Å²) >= 11 is 12.3. The minimum absolute atomic E-state index is 0.00507. The van der Waals surface area contributed by atoms with Crippen LogP contribution in [0.4, 0.5) is 23.0 Å². The van der Waals surface area contributed by atoms with Crippen molar-refractivity contribution in [1.82, 2.24) is 9.97 Å². The SMILES string of the molecule is CC(=O)c1cccc(Nc2cc(Nc3cccc(Cl)c3Cl)nc(C)n2)c1. The van der Waals surface area contributed by atoms with Gasteiger partial charge in [-0.15, -0.1) is 0 Å². The summed E-state index contributed by atoms with van der Waals surface area (Å²) in [6.07, 6.45) is 0. The molecule has 0 radical (unpaired) electrons. The number of aryl methyl sites for hydroxylation is 1. The molecule has 0 aliphatic rings. The quantitative estimate of drug-likeness (QED) is 0.543. The zero-order chi connectivity index (χ0) is 18.7. The minimum atomic E-state index is 0.00507. The van der Waals surface area contributed by atoms with Crippen molar-refractivity contribution in [2.75, 3.05) is 10.6 Å². The number of nitrogens with one attached hydrogen (secondary N) is 2. The molecule has 0 amide bonds. The zero-order valence-corrected chi connectivity index (χ0v) is 15.7. The maximum absolute atomic E-state index is 11.5. The monoisotopic (exact) mass is 386 g/mol. The Morgan fingerprint density at radius 3 is 2.38 bits per heavy atom. The van der Waals surface area contributed by atoms with Gasteiger partial charge in [-0.1, -0.05) is 41.4 Å². The van der Waals surface area contributed by atoms with E-state index in [1.165, 1.54) is 6.92 Å². The number of hydrogen-bond donors (Lipinski definition) is 2. The Bertz CT molecular complexity index is 976. The van der Waals surface area contributed by atoms with E-state index in [-0.39, 0.29) is 5.78 Å². The molecule has 0 fully saturated rings. The van der Waals surface area contributed by atoms with Crippen molar-refractivity contribution >= 4 is 52.0 Å². The van der Waals surface area contributed by atoms with Gasteiger partial charge >= 0.3 is 0 Å². The molecule has 0 aliphatic carbocycles. The van der Waals surface area contributed by atoms with E-state index in [1.54, 1.807) is 37.3 Å². The van der Waals surface area contributed by atoms with Crippen LogP contribution in [0.3, 0.4) is 0 Å². The van der Waals surface area contributed by atoms with Gasteiger partial charge < -0.3 is 10.6 Å². The molecular weight excluding hydrogens is 371 g/mol. The van der Waals surface area contributed by atoms with Gasteiger partial charge in [0.05, 0.1) is 15.7 Å². The summed E-state index contributed by atoms with van der Waals surface area (Å²) < 4.78 is 0. The van der Waals surface area contributed by atoms with Crippen molar-refractivity contribution in [2.45, 2.75) is 13.8 Å². The highest BCUT2D eigenvalue weighted by Gasteiger charge is 2.08. The van der Waals surface area contributed by atoms with Gasteiger partial charge in [-0.3, -0.25) is 4.79 Å². The number of nitrogens with zero attached hydrogens (tertiary/aromatic N) is 2. The first-order valence-corrected chi connectivity index (χ1v) is 8.63. The zero-order valence-electron chi connectivity index (χ0n) is 14.2. The van der Waals surface area contributed by atoms with Crippen LogP contribution in [0.25, 0.3) is 0 Å². The molecular formula is C19H16Cl2N4O. The summed E-state index contributed by atoms with van der Waals surface area (Å²) in [6, 6.07) is 14.3. The highest BCUT2D eigenvalue weighted by molar-refractivity contribution is 6.43. The summed E-state index contributed by atoms with van der Waals surface area (Å²) in [6.45, 7) is 3.33.